The molecule has 3 aromatic rings. The van der Waals surface area contributed by atoms with Crippen LogP contribution in [-0.2, 0) is 4.79 Å². The van der Waals surface area contributed by atoms with Crippen LogP contribution in [0.4, 0.5) is 5.82 Å². The molecule has 1 unspecified atom stereocenters. The normalized spacial score (nSPS) is 12.0. The van der Waals surface area contributed by atoms with Crippen molar-refractivity contribution < 1.29 is 4.79 Å². The quantitative estimate of drug-likeness (QED) is 0.491. The number of halogens is 2. The van der Waals surface area contributed by atoms with Gasteiger partial charge in [0.05, 0.1) is 27.2 Å². The Morgan fingerprint density at radius 2 is 2.04 bits per heavy atom. The highest BCUT2D eigenvalue weighted by molar-refractivity contribution is 8.00. The molecule has 2 aromatic heterocycles. The van der Waals surface area contributed by atoms with E-state index in [9.17, 15) is 4.79 Å². The van der Waals surface area contributed by atoms with Crippen molar-refractivity contribution in [3.05, 3.63) is 58.8 Å². The lowest BCUT2D eigenvalue weighted by atomic mass is 10.2. The first-order chi connectivity index (χ1) is 12.4. The predicted molar refractivity (Wildman–Crippen MR) is 106 cm³/mol. The average molecular weight is 408 g/mol. The minimum atomic E-state index is -0.461. The molecule has 26 heavy (non-hydrogen) atoms. The predicted octanol–water partition coefficient (Wildman–Crippen LogP) is 4.09. The van der Waals surface area contributed by atoms with Gasteiger partial charge in [-0.2, -0.15) is 0 Å². The summed E-state index contributed by atoms with van der Waals surface area (Å²) in [7, 11) is 0. The van der Waals surface area contributed by atoms with Gasteiger partial charge in [0, 0.05) is 11.8 Å². The van der Waals surface area contributed by atoms with E-state index in [0.717, 1.165) is 11.3 Å². The highest BCUT2D eigenvalue weighted by atomic mass is 35.5. The minimum absolute atomic E-state index is 0.259. The second kappa shape index (κ2) is 7.99. The van der Waals surface area contributed by atoms with Crippen LogP contribution in [0.2, 0.25) is 10.0 Å². The molecule has 0 fully saturated rings. The maximum Gasteiger partial charge on any atom is 0.238 e. The highest BCUT2D eigenvalue weighted by Gasteiger charge is 2.20. The molecule has 3 rings (SSSR count). The maximum atomic E-state index is 12.4. The molecule has 1 amide bonds. The third kappa shape index (κ3) is 4.30. The van der Waals surface area contributed by atoms with Crippen LogP contribution >= 0.6 is 35.0 Å². The Balaban J connectivity index is 1.70. The summed E-state index contributed by atoms with van der Waals surface area (Å²) in [5, 5.41) is 3.41. The Kier molecular flexibility index (Phi) is 5.70. The number of carbonyl (C=O) groups excluding carboxylic acids is 1. The van der Waals surface area contributed by atoms with Crippen LogP contribution < -0.4 is 11.2 Å². The first-order valence-corrected chi connectivity index (χ1v) is 9.26. The van der Waals surface area contributed by atoms with E-state index in [4.69, 9.17) is 29.0 Å². The number of pyridine rings is 1. The molecule has 0 aliphatic carbocycles. The number of amides is 1. The average Bonchev–Trinajstić information content (AvgIpc) is 2.98. The van der Waals surface area contributed by atoms with E-state index in [0.29, 0.717) is 10.2 Å². The lowest BCUT2D eigenvalue weighted by molar-refractivity contribution is -0.115. The van der Waals surface area contributed by atoms with E-state index < -0.39 is 5.25 Å². The van der Waals surface area contributed by atoms with Crippen molar-refractivity contribution in [1.29, 1.82) is 0 Å². The van der Waals surface area contributed by atoms with Crippen LogP contribution in [0.1, 0.15) is 6.92 Å². The van der Waals surface area contributed by atoms with E-state index in [1.807, 2.05) is 30.3 Å². The van der Waals surface area contributed by atoms with Gasteiger partial charge in [-0.3, -0.25) is 4.79 Å². The van der Waals surface area contributed by atoms with Gasteiger partial charge in [0.1, 0.15) is 0 Å². The van der Waals surface area contributed by atoms with E-state index in [-0.39, 0.29) is 16.7 Å². The fourth-order valence-corrected chi connectivity index (χ4v) is 3.38. The van der Waals surface area contributed by atoms with Gasteiger partial charge in [0.15, 0.2) is 11.0 Å². The number of hydrogen-bond acceptors (Lipinski definition) is 5. The molecule has 1 atom stereocenters. The molecule has 0 aliphatic rings. The summed E-state index contributed by atoms with van der Waals surface area (Å²) >= 11 is 13.1. The number of thioether (sulfide) groups is 1. The van der Waals surface area contributed by atoms with Crippen LogP contribution in [0, 0.1) is 0 Å². The number of anilines is 1. The Hall–Kier alpha value is -2.22. The number of imidazole rings is 1. The Morgan fingerprint density at radius 3 is 2.73 bits per heavy atom. The summed E-state index contributed by atoms with van der Waals surface area (Å²) in [5.41, 5.74) is 1.69. The second-order valence-electron chi connectivity index (χ2n) is 5.42. The molecule has 134 valence electrons. The van der Waals surface area contributed by atoms with E-state index in [1.165, 1.54) is 28.7 Å². The molecule has 0 radical (unpaired) electrons. The molecule has 9 heteroatoms. The van der Waals surface area contributed by atoms with Crippen molar-refractivity contribution in [1.82, 2.24) is 14.6 Å². The molecule has 3 N–H and O–H groups in total. The molecular weight excluding hydrogens is 393 g/mol. The van der Waals surface area contributed by atoms with Gasteiger partial charge in [-0.1, -0.05) is 65.3 Å². The van der Waals surface area contributed by atoms with Gasteiger partial charge in [-0.15, -0.1) is 0 Å². The topological polar surface area (TPSA) is 85.8 Å². The third-order valence-electron chi connectivity index (χ3n) is 3.47. The minimum Gasteiger partial charge on any atom is -0.337 e. The standard InChI is InChI=1S/C17H15Cl2N5OS/c1-10(16(25)23-15-13(19)7-12(18)8-21-15)26-17-22-14(9-24(17)20)11-5-3-2-4-6-11/h2-10H,20H2,1H3,(H,21,23,25). The first kappa shape index (κ1) is 18.6. The van der Waals surface area contributed by atoms with Crippen molar-refractivity contribution in [2.24, 2.45) is 0 Å². The summed E-state index contributed by atoms with van der Waals surface area (Å²) < 4.78 is 1.41. The zero-order valence-electron chi connectivity index (χ0n) is 13.7. The molecule has 0 saturated heterocycles. The molecule has 1 aromatic carbocycles. The summed E-state index contributed by atoms with van der Waals surface area (Å²) in [4.78, 5) is 20.9. The number of nitrogens with zero attached hydrogens (tertiary/aromatic N) is 3. The molecule has 2 heterocycles. The molecule has 0 saturated carbocycles. The lowest BCUT2D eigenvalue weighted by Gasteiger charge is -2.11. The fourth-order valence-electron chi connectivity index (χ4n) is 2.15. The number of hydrogen-bond donors (Lipinski definition) is 2. The lowest BCUT2D eigenvalue weighted by Crippen LogP contribution is -2.24. The van der Waals surface area contributed by atoms with Crippen molar-refractivity contribution in [2.75, 3.05) is 11.2 Å². The SMILES string of the molecule is CC(Sc1nc(-c2ccccc2)cn1N)C(=O)Nc1ncc(Cl)cc1Cl. The van der Waals surface area contributed by atoms with E-state index in [2.05, 4.69) is 15.3 Å². The van der Waals surface area contributed by atoms with E-state index >= 15 is 0 Å². The molecule has 0 bridgehead atoms. The van der Waals surface area contributed by atoms with Crippen LogP contribution in [0.3, 0.4) is 0 Å². The number of benzene rings is 1. The third-order valence-corrected chi connectivity index (χ3v) is 5.04. The number of carbonyl (C=O) groups is 1. The van der Waals surface area contributed by atoms with Gasteiger partial charge >= 0.3 is 0 Å². The number of nitrogens with one attached hydrogen (secondary N) is 1. The van der Waals surface area contributed by atoms with Crippen molar-refractivity contribution in [2.45, 2.75) is 17.3 Å². The highest BCUT2D eigenvalue weighted by Crippen LogP contribution is 2.27. The van der Waals surface area contributed by atoms with Crippen LogP contribution in [0.5, 0.6) is 0 Å². The molecule has 0 spiro atoms. The van der Waals surface area contributed by atoms with Gasteiger partial charge in [0.2, 0.25) is 5.91 Å². The molecular formula is C17H15Cl2N5OS. The first-order valence-electron chi connectivity index (χ1n) is 7.62. The van der Waals surface area contributed by atoms with Crippen LogP contribution in [-0.4, -0.2) is 25.8 Å². The van der Waals surface area contributed by atoms with Gasteiger partial charge in [-0.05, 0) is 13.0 Å². The van der Waals surface area contributed by atoms with Crippen molar-refractivity contribution >= 4 is 46.7 Å². The fraction of sp³-hybridized carbons (Fsp3) is 0.118. The Morgan fingerprint density at radius 1 is 1.31 bits per heavy atom. The van der Waals surface area contributed by atoms with Gasteiger partial charge in [-0.25, -0.2) is 14.6 Å². The number of nitrogen functional groups attached to an aromatic ring is 1. The monoisotopic (exact) mass is 407 g/mol. The molecule has 0 aliphatic heterocycles. The second-order valence-corrected chi connectivity index (χ2v) is 7.57. The maximum absolute atomic E-state index is 12.4. The summed E-state index contributed by atoms with van der Waals surface area (Å²) in [5.74, 6) is 5.97. The Labute approximate surface area is 164 Å². The summed E-state index contributed by atoms with van der Waals surface area (Å²) in [6.45, 7) is 1.75. The van der Waals surface area contributed by atoms with E-state index in [1.54, 1.807) is 13.1 Å². The van der Waals surface area contributed by atoms with Gasteiger partial charge < -0.3 is 11.2 Å². The number of aromatic nitrogens is 3. The Bertz CT molecular complexity index is 932. The summed E-state index contributed by atoms with van der Waals surface area (Å²) in [6, 6.07) is 11.2. The van der Waals surface area contributed by atoms with Gasteiger partial charge in [0.25, 0.3) is 0 Å². The zero-order valence-corrected chi connectivity index (χ0v) is 16.0. The number of rotatable bonds is 5. The largest absolute Gasteiger partial charge is 0.337 e. The van der Waals surface area contributed by atoms with Crippen molar-refractivity contribution in [3.63, 3.8) is 0 Å². The summed E-state index contributed by atoms with van der Waals surface area (Å²) in [6.07, 6.45) is 3.14. The smallest absolute Gasteiger partial charge is 0.238 e. The molecule has 6 nitrogen and oxygen atoms in total. The van der Waals surface area contributed by atoms with Crippen LogP contribution in [0.25, 0.3) is 11.3 Å². The number of nitrogens with two attached hydrogens (primary N) is 1. The van der Waals surface area contributed by atoms with Crippen molar-refractivity contribution in [3.8, 4) is 11.3 Å². The zero-order chi connectivity index (χ0) is 18.7. The van der Waals surface area contributed by atoms with Crippen LogP contribution in [0.15, 0.2) is 53.9 Å².